The number of hydrogen-bond donors (Lipinski definition) is 1. The van der Waals surface area contributed by atoms with Gasteiger partial charge < -0.3 is 5.11 Å². The largest absolute Gasteiger partial charge is 0.390 e. The van der Waals surface area contributed by atoms with E-state index in [1.807, 2.05) is 36.3 Å². The molecule has 222 valence electrons. The number of carbonyl (C=O) groups excluding carboxylic acids is 2. The number of unbranched alkanes of at least 4 members (excludes halogenated alkanes) is 1. The van der Waals surface area contributed by atoms with E-state index in [0.717, 1.165) is 18.4 Å². The number of allylic oxidation sites excluding steroid dienone is 4. The van der Waals surface area contributed by atoms with Gasteiger partial charge in [0.2, 0.25) is 5.12 Å². The average Bonchev–Trinajstić information content (AvgIpc) is 3.40. The fourth-order valence-electron chi connectivity index (χ4n) is 8.97. The molecule has 0 unspecified atom stereocenters. The zero-order chi connectivity index (χ0) is 29.4. The summed E-state index contributed by atoms with van der Waals surface area (Å²) in [6.07, 6.45) is 3.19. The molecule has 5 nitrogen and oxygen atoms in total. The molecular weight excluding hydrogens is 568 g/mol. The maximum Gasteiger partial charge on any atom is 0.223 e. The van der Waals surface area contributed by atoms with E-state index in [0.29, 0.717) is 30.3 Å². The lowest BCUT2D eigenvalue weighted by Gasteiger charge is -2.63. The van der Waals surface area contributed by atoms with E-state index >= 15 is 8.78 Å². The molecule has 0 aromatic heterocycles. The van der Waals surface area contributed by atoms with Gasteiger partial charge in [0.15, 0.2) is 17.1 Å². The van der Waals surface area contributed by atoms with Crippen molar-refractivity contribution in [3.63, 3.8) is 0 Å². The number of halogens is 3. The van der Waals surface area contributed by atoms with E-state index in [1.165, 1.54) is 30.0 Å². The van der Waals surface area contributed by atoms with Crippen LogP contribution in [-0.2, 0) is 21.0 Å². The van der Waals surface area contributed by atoms with Gasteiger partial charge in [-0.25, -0.2) is 8.78 Å². The van der Waals surface area contributed by atoms with E-state index in [1.54, 1.807) is 6.92 Å². The minimum Gasteiger partial charge on any atom is -0.390 e. The smallest absolute Gasteiger partial charge is 0.223 e. The van der Waals surface area contributed by atoms with Crippen LogP contribution in [-0.4, -0.2) is 56.9 Å². The van der Waals surface area contributed by atoms with Crippen molar-refractivity contribution in [1.29, 1.82) is 0 Å². The molecule has 0 radical (unpaired) electrons. The highest BCUT2D eigenvalue weighted by molar-refractivity contribution is 8.13. The van der Waals surface area contributed by atoms with Gasteiger partial charge in [-0.05, 0) is 73.9 Å². The Morgan fingerprint density at radius 2 is 1.95 bits per heavy atom. The predicted molar refractivity (Wildman–Crippen MR) is 156 cm³/mol. The number of rotatable bonds is 6. The predicted octanol–water partition coefficient (Wildman–Crippen LogP) is 6.43. The Morgan fingerprint density at radius 3 is 2.66 bits per heavy atom. The highest BCUT2D eigenvalue weighted by Crippen LogP contribution is 2.73. The molecular formula is C32H38ClF2NO4S. The number of hydrogen-bond acceptors (Lipinski definition) is 6. The van der Waals surface area contributed by atoms with Gasteiger partial charge in [0, 0.05) is 46.5 Å². The lowest BCUT2D eigenvalue weighted by molar-refractivity contribution is -0.266. The van der Waals surface area contributed by atoms with Crippen LogP contribution < -0.4 is 0 Å². The van der Waals surface area contributed by atoms with Crippen LogP contribution >= 0.6 is 23.4 Å². The van der Waals surface area contributed by atoms with E-state index < -0.39 is 40.3 Å². The SMILES string of the molecule is CCCCSC(=O)[C@@]12ON(Cc3ccc(Cl)cc3)C[C@@H]1C[C@H]1[C@@H]3C[C@H](F)C4=CC(=O)C=C[C@]4(C)[C@@]3(F)[C@@H](O)C[C@@]12C. The van der Waals surface area contributed by atoms with Crippen LogP contribution in [0.25, 0.3) is 0 Å². The van der Waals surface area contributed by atoms with Crippen LogP contribution in [0.2, 0.25) is 5.02 Å². The number of hydroxylamine groups is 2. The molecule has 3 saturated carbocycles. The molecule has 0 spiro atoms. The van der Waals surface area contributed by atoms with Crippen LogP contribution in [0.3, 0.4) is 0 Å². The Hall–Kier alpha value is -1.58. The summed E-state index contributed by atoms with van der Waals surface area (Å²) in [6, 6.07) is 7.48. The first-order chi connectivity index (χ1) is 19.4. The Kier molecular flexibility index (Phi) is 7.38. The van der Waals surface area contributed by atoms with Gasteiger partial charge in [-0.2, -0.15) is 5.06 Å². The zero-order valence-corrected chi connectivity index (χ0v) is 25.3. The van der Waals surface area contributed by atoms with Crippen molar-refractivity contribution in [1.82, 2.24) is 5.06 Å². The molecule has 0 amide bonds. The topological polar surface area (TPSA) is 66.8 Å². The summed E-state index contributed by atoms with van der Waals surface area (Å²) in [4.78, 5) is 33.1. The van der Waals surface area contributed by atoms with Gasteiger partial charge in [0.05, 0.1) is 6.10 Å². The molecule has 1 saturated heterocycles. The van der Waals surface area contributed by atoms with Crippen molar-refractivity contribution in [2.45, 2.75) is 83.0 Å². The van der Waals surface area contributed by atoms with Gasteiger partial charge in [0.1, 0.15) is 6.17 Å². The monoisotopic (exact) mass is 605 g/mol. The van der Waals surface area contributed by atoms with Crippen molar-refractivity contribution in [2.75, 3.05) is 12.3 Å². The highest BCUT2D eigenvalue weighted by Gasteiger charge is 2.79. The van der Waals surface area contributed by atoms with Crippen LogP contribution in [0.15, 0.2) is 48.1 Å². The molecule has 6 rings (SSSR count). The van der Waals surface area contributed by atoms with Crippen molar-refractivity contribution < 1.29 is 28.3 Å². The first-order valence-corrected chi connectivity index (χ1v) is 16.1. The van der Waals surface area contributed by atoms with Gasteiger partial charge >= 0.3 is 0 Å². The van der Waals surface area contributed by atoms with E-state index in [4.69, 9.17) is 16.4 Å². The van der Waals surface area contributed by atoms with Gasteiger partial charge in [-0.15, -0.1) is 0 Å². The van der Waals surface area contributed by atoms with E-state index in [9.17, 15) is 14.7 Å². The molecule has 9 heteroatoms. The minimum atomic E-state index is -2.18. The second-order valence-corrected chi connectivity index (χ2v) is 14.6. The third-order valence-corrected chi connectivity index (χ3v) is 12.3. The Morgan fingerprint density at radius 1 is 1.22 bits per heavy atom. The van der Waals surface area contributed by atoms with E-state index in [2.05, 4.69) is 6.92 Å². The number of aliphatic hydroxyl groups excluding tert-OH is 1. The first kappa shape index (κ1) is 29.5. The minimum absolute atomic E-state index is 0.0115. The molecule has 1 aromatic rings. The molecule has 1 heterocycles. The van der Waals surface area contributed by atoms with Crippen LogP contribution in [0.1, 0.15) is 58.4 Å². The number of carbonyl (C=O) groups is 2. The maximum atomic E-state index is 17.6. The second-order valence-electron chi connectivity index (χ2n) is 13.1. The Bertz CT molecular complexity index is 1310. The average molecular weight is 606 g/mol. The van der Waals surface area contributed by atoms with Crippen LogP contribution in [0.5, 0.6) is 0 Å². The number of fused-ring (bicyclic) bond motifs is 7. The maximum absolute atomic E-state index is 17.6. The molecule has 9 atom stereocenters. The van der Waals surface area contributed by atoms with Crippen molar-refractivity contribution >= 4 is 34.3 Å². The Labute approximate surface area is 249 Å². The molecule has 5 aliphatic rings. The lowest BCUT2D eigenvalue weighted by atomic mass is 9.44. The number of nitrogens with zero attached hydrogens (tertiary/aromatic N) is 1. The molecule has 1 aliphatic heterocycles. The third-order valence-electron chi connectivity index (χ3n) is 11.0. The number of ketones is 1. The molecule has 0 bridgehead atoms. The summed E-state index contributed by atoms with van der Waals surface area (Å²) in [5.74, 6) is -1.16. The summed E-state index contributed by atoms with van der Waals surface area (Å²) in [5.41, 5.74) is -4.70. The van der Waals surface area contributed by atoms with Crippen molar-refractivity contribution in [3.05, 3.63) is 58.7 Å². The molecule has 1 aromatic carbocycles. The summed E-state index contributed by atoms with van der Waals surface area (Å²) in [6.45, 7) is 6.57. The van der Waals surface area contributed by atoms with Gasteiger partial charge in [-0.1, -0.05) is 61.8 Å². The summed E-state index contributed by atoms with van der Waals surface area (Å²) >= 11 is 7.34. The molecule has 1 N–H and O–H groups in total. The highest BCUT2D eigenvalue weighted by atomic mass is 35.5. The number of alkyl halides is 2. The fraction of sp³-hybridized carbons (Fsp3) is 0.625. The normalized spacial score (nSPS) is 43.2. The van der Waals surface area contributed by atoms with Crippen LogP contribution in [0, 0.1) is 28.6 Å². The zero-order valence-electron chi connectivity index (χ0n) is 23.7. The van der Waals surface area contributed by atoms with Crippen molar-refractivity contribution in [2.24, 2.45) is 28.6 Å². The number of thioether (sulfide) groups is 1. The Balaban J connectivity index is 1.38. The van der Waals surface area contributed by atoms with Crippen LogP contribution in [0.4, 0.5) is 8.78 Å². The number of benzene rings is 1. The second kappa shape index (κ2) is 10.3. The summed E-state index contributed by atoms with van der Waals surface area (Å²) in [7, 11) is 0. The van der Waals surface area contributed by atoms with Gasteiger partial charge in [-0.3, -0.25) is 14.4 Å². The van der Waals surface area contributed by atoms with Crippen molar-refractivity contribution in [3.8, 4) is 0 Å². The third kappa shape index (κ3) is 4.10. The van der Waals surface area contributed by atoms with Gasteiger partial charge in [0.25, 0.3) is 0 Å². The summed E-state index contributed by atoms with van der Waals surface area (Å²) in [5, 5.41) is 14.1. The first-order valence-electron chi connectivity index (χ1n) is 14.7. The fourth-order valence-corrected chi connectivity index (χ4v) is 10.4. The summed E-state index contributed by atoms with van der Waals surface area (Å²) < 4.78 is 33.5. The quantitative estimate of drug-likeness (QED) is 0.377. The van der Waals surface area contributed by atoms with E-state index in [-0.39, 0.29) is 41.1 Å². The molecule has 41 heavy (non-hydrogen) atoms. The molecule has 4 aliphatic carbocycles. The lowest BCUT2D eigenvalue weighted by Crippen LogP contribution is -2.70. The molecule has 4 fully saturated rings. The standard InChI is InChI=1S/C32H38ClF2NO4S/c1-4-5-12-41-28(39)32-20(18-36(40-32)17-19-6-8-21(33)9-7-19)13-23-24-15-26(34)25-14-22(37)10-11-29(25,2)31(24,35)27(38)16-30(23,32)3/h6-11,14,20,23-24,26-27,38H,4-5,12-13,15-18H2,1-3H3/t20-,23-,24-,26-,27-,29-,30-,31-,32-/m0/s1. The number of aliphatic hydroxyl groups is 1.